The van der Waals surface area contributed by atoms with E-state index in [4.69, 9.17) is 10.00 Å². The maximum Gasteiger partial charge on any atom is 0.163 e. The van der Waals surface area contributed by atoms with Crippen LogP contribution in [0.5, 0.6) is 0 Å². The minimum Gasteiger partial charge on any atom is -0.396 e. The monoisotopic (exact) mass is 340 g/mol. The Morgan fingerprint density at radius 3 is 2.33 bits per heavy atom. The predicted octanol–water partition coefficient (Wildman–Crippen LogP) is 2.67. The highest BCUT2D eigenvalue weighted by Crippen LogP contribution is 2.40. The molecule has 6 atom stereocenters. The Morgan fingerprint density at radius 1 is 1.33 bits per heavy atom. The zero-order valence-corrected chi connectivity index (χ0v) is 16.2. The largest absolute Gasteiger partial charge is 0.396 e. The predicted molar refractivity (Wildman–Crippen MR) is 95.1 cm³/mol. The fourth-order valence-electron chi connectivity index (χ4n) is 3.57. The summed E-state index contributed by atoms with van der Waals surface area (Å²) >= 11 is 0. The standard InChI is InChI=1S/C19H36N2O3/c1-7-8-18(5,9-16-15(10-20)11-21-16)24-17(23)19(6,12-22)14(4)13(2)3/h13-17,21-23H,7-9,11-12H2,1-6H3. The lowest BCUT2D eigenvalue weighted by atomic mass is 9.72. The first kappa shape index (κ1) is 21.4. The lowest BCUT2D eigenvalue weighted by molar-refractivity contribution is -0.257. The van der Waals surface area contributed by atoms with E-state index in [1.165, 1.54) is 0 Å². The number of nitriles is 1. The highest BCUT2D eigenvalue weighted by Gasteiger charge is 2.45. The summed E-state index contributed by atoms with van der Waals surface area (Å²) in [6.45, 7) is 12.8. The van der Waals surface area contributed by atoms with Crippen LogP contribution in [0.3, 0.4) is 0 Å². The molecule has 1 rings (SSSR count). The second-order valence-electron chi connectivity index (χ2n) is 8.32. The van der Waals surface area contributed by atoms with Gasteiger partial charge in [-0.1, -0.05) is 41.0 Å². The van der Waals surface area contributed by atoms with Crippen molar-refractivity contribution in [3.05, 3.63) is 0 Å². The van der Waals surface area contributed by atoms with Gasteiger partial charge < -0.3 is 20.3 Å². The van der Waals surface area contributed by atoms with Crippen LogP contribution in [0.4, 0.5) is 0 Å². The van der Waals surface area contributed by atoms with Gasteiger partial charge in [0, 0.05) is 18.0 Å². The Kier molecular flexibility index (Phi) is 7.68. The van der Waals surface area contributed by atoms with Crippen LogP contribution in [0.15, 0.2) is 0 Å². The topological polar surface area (TPSA) is 85.5 Å². The molecule has 0 amide bonds. The molecule has 6 unspecified atom stereocenters. The highest BCUT2D eigenvalue weighted by molar-refractivity contribution is 5.03. The third-order valence-corrected chi connectivity index (χ3v) is 6.02. The van der Waals surface area contributed by atoms with E-state index in [0.717, 1.165) is 19.4 Å². The van der Waals surface area contributed by atoms with E-state index in [-0.39, 0.29) is 24.5 Å². The maximum absolute atomic E-state index is 10.8. The Hall–Kier alpha value is -0.670. The van der Waals surface area contributed by atoms with Gasteiger partial charge in [0.1, 0.15) is 0 Å². The zero-order chi connectivity index (χ0) is 18.5. The van der Waals surface area contributed by atoms with Crippen molar-refractivity contribution in [2.45, 2.75) is 78.7 Å². The van der Waals surface area contributed by atoms with E-state index in [9.17, 15) is 10.2 Å². The summed E-state index contributed by atoms with van der Waals surface area (Å²) in [5, 5.41) is 33.2. The summed E-state index contributed by atoms with van der Waals surface area (Å²) in [4.78, 5) is 0. The first-order chi connectivity index (χ1) is 11.1. The molecule has 0 radical (unpaired) electrons. The van der Waals surface area contributed by atoms with Crippen molar-refractivity contribution in [1.82, 2.24) is 5.32 Å². The molecule has 1 fully saturated rings. The van der Waals surface area contributed by atoms with Gasteiger partial charge in [-0.05, 0) is 31.6 Å². The second-order valence-corrected chi connectivity index (χ2v) is 8.32. The molecule has 1 saturated heterocycles. The van der Waals surface area contributed by atoms with Crippen molar-refractivity contribution in [2.24, 2.45) is 23.2 Å². The number of rotatable bonds is 10. The van der Waals surface area contributed by atoms with Crippen LogP contribution in [-0.4, -0.2) is 41.3 Å². The van der Waals surface area contributed by atoms with Gasteiger partial charge in [-0.2, -0.15) is 5.26 Å². The summed E-state index contributed by atoms with van der Waals surface area (Å²) in [6, 6.07) is 2.44. The summed E-state index contributed by atoms with van der Waals surface area (Å²) in [6.07, 6.45) is 1.38. The van der Waals surface area contributed by atoms with E-state index in [2.05, 4.69) is 32.2 Å². The van der Waals surface area contributed by atoms with Crippen molar-refractivity contribution >= 4 is 0 Å². The third kappa shape index (κ3) is 4.70. The van der Waals surface area contributed by atoms with Crippen LogP contribution < -0.4 is 5.32 Å². The molecule has 3 N–H and O–H groups in total. The fraction of sp³-hybridized carbons (Fsp3) is 0.947. The molecule has 5 nitrogen and oxygen atoms in total. The maximum atomic E-state index is 10.8. The SMILES string of the molecule is CCCC(C)(CC1NCC1C#N)OC(O)C(C)(CO)C(C)C(C)C. The normalized spacial score (nSPS) is 28.3. The van der Waals surface area contributed by atoms with Gasteiger partial charge in [0.15, 0.2) is 6.29 Å². The van der Waals surface area contributed by atoms with Crippen LogP contribution in [-0.2, 0) is 4.74 Å². The summed E-state index contributed by atoms with van der Waals surface area (Å²) in [5.74, 6) is 0.451. The van der Waals surface area contributed by atoms with E-state index in [1.54, 1.807) is 0 Å². The Labute approximate surface area is 147 Å². The number of hydrogen-bond donors (Lipinski definition) is 3. The smallest absolute Gasteiger partial charge is 0.163 e. The molecule has 140 valence electrons. The number of aliphatic hydroxyl groups is 2. The molecule has 24 heavy (non-hydrogen) atoms. The molecule has 5 heteroatoms. The van der Waals surface area contributed by atoms with Crippen LogP contribution in [0, 0.1) is 34.5 Å². The number of hydrogen-bond acceptors (Lipinski definition) is 5. The van der Waals surface area contributed by atoms with Gasteiger partial charge in [-0.25, -0.2) is 0 Å². The third-order valence-electron chi connectivity index (χ3n) is 6.02. The number of nitrogens with zero attached hydrogens (tertiary/aromatic N) is 1. The molecular formula is C19H36N2O3. The van der Waals surface area contributed by atoms with Crippen LogP contribution >= 0.6 is 0 Å². The lowest BCUT2D eigenvalue weighted by Gasteiger charge is -2.46. The van der Waals surface area contributed by atoms with Gasteiger partial charge >= 0.3 is 0 Å². The molecule has 0 aromatic heterocycles. The Bertz CT molecular complexity index is 437. The molecule has 0 aromatic carbocycles. The molecule has 0 bridgehead atoms. The molecule has 0 aliphatic carbocycles. The molecule has 0 aromatic rings. The lowest BCUT2D eigenvalue weighted by Crippen LogP contribution is -2.57. The van der Waals surface area contributed by atoms with Crippen molar-refractivity contribution in [1.29, 1.82) is 5.26 Å². The van der Waals surface area contributed by atoms with Gasteiger partial charge in [0.05, 0.1) is 24.2 Å². The van der Waals surface area contributed by atoms with Crippen LogP contribution in [0.2, 0.25) is 0 Å². The van der Waals surface area contributed by atoms with Gasteiger partial charge in [0.2, 0.25) is 0 Å². The van der Waals surface area contributed by atoms with E-state index in [0.29, 0.717) is 12.3 Å². The highest BCUT2D eigenvalue weighted by atomic mass is 16.6. The quantitative estimate of drug-likeness (QED) is 0.532. The molecule has 1 heterocycles. The van der Waals surface area contributed by atoms with Gasteiger partial charge in [0.25, 0.3) is 0 Å². The average molecular weight is 341 g/mol. The van der Waals surface area contributed by atoms with Crippen LogP contribution in [0.25, 0.3) is 0 Å². The van der Waals surface area contributed by atoms with Crippen molar-refractivity contribution < 1.29 is 14.9 Å². The number of ether oxygens (including phenoxy) is 1. The van der Waals surface area contributed by atoms with Crippen LogP contribution in [0.1, 0.15) is 60.8 Å². The summed E-state index contributed by atoms with van der Waals surface area (Å²) < 4.78 is 6.15. The van der Waals surface area contributed by atoms with Crippen molar-refractivity contribution in [3.63, 3.8) is 0 Å². The number of aliphatic hydroxyl groups excluding tert-OH is 2. The summed E-state index contributed by atoms with van der Waals surface area (Å²) in [5.41, 5.74) is -1.24. The van der Waals surface area contributed by atoms with Gasteiger partial charge in [-0.3, -0.25) is 0 Å². The number of nitrogens with one attached hydrogen (secondary N) is 1. The Morgan fingerprint density at radius 2 is 1.96 bits per heavy atom. The second kappa shape index (κ2) is 8.62. The van der Waals surface area contributed by atoms with Crippen molar-refractivity contribution in [2.75, 3.05) is 13.2 Å². The molecule has 0 saturated carbocycles. The van der Waals surface area contributed by atoms with E-state index >= 15 is 0 Å². The summed E-state index contributed by atoms with van der Waals surface area (Å²) in [7, 11) is 0. The minimum atomic E-state index is -1.04. The van der Waals surface area contributed by atoms with E-state index in [1.807, 2.05) is 20.8 Å². The average Bonchev–Trinajstić information content (AvgIpc) is 2.50. The fourth-order valence-corrected chi connectivity index (χ4v) is 3.57. The molecule has 0 spiro atoms. The zero-order valence-electron chi connectivity index (χ0n) is 16.2. The molecule has 1 aliphatic rings. The van der Waals surface area contributed by atoms with Crippen molar-refractivity contribution in [3.8, 4) is 6.07 Å². The molecular weight excluding hydrogens is 304 g/mol. The Balaban J connectivity index is 2.87. The minimum absolute atomic E-state index is 0.0146. The first-order valence-electron chi connectivity index (χ1n) is 9.23. The van der Waals surface area contributed by atoms with E-state index < -0.39 is 17.3 Å². The molecule has 1 aliphatic heterocycles. The first-order valence-corrected chi connectivity index (χ1v) is 9.23. The van der Waals surface area contributed by atoms with Gasteiger partial charge in [-0.15, -0.1) is 0 Å².